The molecule has 0 aliphatic heterocycles. The van der Waals surface area contributed by atoms with E-state index in [4.69, 9.17) is 21.1 Å². The molecule has 0 saturated carbocycles. The number of allylic oxidation sites excluding steroid dienone is 1. The van der Waals surface area contributed by atoms with Gasteiger partial charge in [-0.05, 0) is 42.8 Å². The van der Waals surface area contributed by atoms with E-state index in [0.717, 1.165) is 22.4 Å². The molecule has 2 aromatic carbocycles. The molecule has 118 valence electrons. The molecule has 0 spiro atoms. The topological polar surface area (TPSA) is 47.1 Å². The number of hydrogen-bond donors (Lipinski definition) is 1. The van der Waals surface area contributed by atoms with Gasteiger partial charge in [-0.2, -0.15) is 0 Å². The number of fused-ring (bicyclic) bond motifs is 1. The lowest BCUT2D eigenvalue weighted by Crippen LogP contribution is -1.99. The molecule has 0 amide bonds. The molecule has 4 nitrogen and oxygen atoms in total. The average Bonchev–Trinajstić information content (AvgIpc) is 2.95. The summed E-state index contributed by atoms with van der Waals surface area (Å²) < 4.78 is 11.2. The number of ether oxygens (including phenoxy) is 2. The standard InChI is InChI=1S/C18H17ClN2O2/c1-3-4-12-5-8-16(17(9-12)22-2)23-11-18-20-14-7-6-13(19)10-15(14)21-18/h3-10H,11H2,1-2H3,(H,20,21). The molecule has 0 unspecified atom stereocenters. The molecule has 0 aliphatic rings. The maximum atomic E-state index is 5.98. The molecule has 0 atom stereocenters. The number of hydrogen-bond acceptors (Lipinski definition) is 3. The highest BCUT2D eigenvalue weighted by atomic mass is 35.5. The van der Waals surface area contributed by atoms with Crippen LogP contribution in [0.15, 0.2) is 42.5 Å². The van der Waals surface area contributed by atoms with Crippen LogP contribution in [-0.4, -0.2) is 17.1 Å². The van der Waals surface area contributed by atoms with Crippen molar-refractivity contribution in [1.82, 2.24) is 9.97 Å². The van der Waals surface area contributed by atoms with Gasteiger partial charge in [-0.15, -0.1) is 0 Å². The van der Waals surface area contributed by atoms with Gasteiger partial charge in [0.1, 0.15) is 12.4 Å². The molecule has 0 fully saturated rings. The SMILES string of the molecule is CC=Cc1ccc(OCc2nc3ccc(Cl)cc3[nH]2)c(OC)c1. The number of methoxy groups -OCH3 is 1. The van der Waals surface area contributed by atoms with E-state index in [9.17, 15) is 0 Å². The molecule has 3 aromatic rings. The third kappa shape index (κ3) is 3.48. The molecule has 0 bridgehead atoms. The van der Waals surface area contributed by atoms with Crippen molar-refractivity contribution in [2.24, 2.45) is 0 Å². The summed E-state index contributed by atoms with van der Waals surface area (Å²) in [6.07, 6.45) is 3.99. The summed E-state index contributed by atoms with van der Waals surface area (Å²) in [7, 11) is 1.63. The Morgan fingerprint density at radius 3 is 2.83 bits per heavy atom. The summed E-state index contributed by atoms with van der Waals surface area (Å²) in [5.74, 6) is 2.11. The molecule has 1 heterocycles. The third-order valence-electron chi connectivity index (χ3n) is 3.40. The normalized spacial score (nSPS) is 11.3. The van der Waals surface area contributed by atoms with Crippen LogP contribution in [0.1, 0.15) is 18.3 Å². The number of imidazole rings is 1. The summed E-state index contributed by atoms with van der Waals surface area (Å²) in [6.45, 7) is 2.30. The Labute approximate surface area is 139 Å². The number of benzene rings is 2. The fraction of sp³-hybridized carbons (Fsp3) is 0.167. The zero-order chi connectivity index (χ0) is 16.2. The Hall–Kier alpha value is -2.46. The van der Waals surface area contributed by atoms with Crippen molar-refractivity contribution >= 4 is 28.7 Å². The first kappa shape index (κ1) is 15.4. The van der Waals surface area contributed by atoms with E-state index in [2.05, 4.69) is 9.97 Å². The van der Waals surface area contributed by atoms with Crippen LogP contribution in [0.4, 0.5) is 0 Å². The van der Waals surface area contributed by atoms with E-state index in [1.807, 2.05) is 55.5 Å². The molecule has 3 rings (SSSR count). The third-order valence-corrected chi connectivity index (χ3v) is 3.64. The van der Waals surface area contributed by atoms with Gasteiger partial charge in [0, 0.05) is 5.02 Å². The van der Waals surface area contributed by atoms with Crippen molar-refractivity contribution in [3.63, 3.8) is 0 Å². The first-order valence-electron chi connectivity index (χ1n) is 7.27. The minimum absolute atomic E-state index is 0.325. The molecule has 1 aromatic heterocycles. The number of halogens is 1. The smallest absolute Gasteiger partial charge is 0.161 e. The number of aromatic nitrogens is 2. The zero-order valence-corrected chi connectivity index (χ0v) is 13.7. The molecule has 23 heavy (non-hydrogen) atoms. The predicted octanol–water partition coefficient (Wildman–Crippen LogP) is 4.84. The molecule has 5 heteroatoms. The fourth-order valence-corrected chi connectivity index (χ4v) is 2.52. The summed E-state index contributed by atoms with van der Waals surface area (Å²) in [4.78, 5) is 7.68. The molecular weight excluding hydrogens is 312 g/mol. The van der Waals surface area contributed by atoms with Crippen molar-refractivity contribution < 1.29 is 9.47 Å². The molecule has 0 aliphatic carbocycles. The Bertz CT molecular complexity index is 855. The quantitative estimate of drug-likeness (QED) is 0.729. The Kier molecular flexibility index (Phi) is 4.53. The van der Waals surface area contributed by atoms with Gasteiger partial charge >= 0.3 is 0 Å². The van der Waals surface area contributed by atoms with Crippen molar-refractivity contribution in [2.75, 3.05) is 7.11 Å². The largest absolute Gasteiger partial charge is 0.493 e. The van der Waals surface area contributed by atoms with Crippen molar-refractivity contribution in [3.05, 3.63) is 58.9 Å². The number of H-pyrrole nitrogens is 1. The van der Waals surface area contributed by atoms with Gasteiger partial charge in [0.15, 0.2) is 11.5 Å². The minimum Gasteiger partial charge on any atom is -0.493 e. The van der Waals surface area contributed by atoms with Crippen LogP contribution in [0.25, 0.3) is 17.1 Å². The van der Waals surface area contributed by atoms with Crippen LogP contribution >= 0.6 is 11.6 Å². The first-order chi connectivity index (χ1) is 11.2. The Balaban J connectivity index is 1.78. The fourth-order valence-electron chi connectivity index (χ4n) is 2.35. The van der Waals surface area contributed by atoms with Gasteiger partial charge in [0.2, 0.25) is 0 Å². The lowest BCUT2D eigenvalue weighted by Gasteiger charge is -2.10. The number of nitrogens with one attached hydrogen (secondary N) is 1. The van der Waals surface area contributed by atoms with E-state index in [-0.39, 0.29) is 0 Å². The van der Waals surface area contributed by atoms with Crippen LogP contribution in [0, 0.1) is 0 Å². The van der Waals surface area contributed by atoms with E-state index >= 15 is 0 Å². The summed E-state index contributed by atoms with van der Waals surface area (Å²) >= 11 is 5.98. The van der Waals surface area contributed by atoms with Gasteiger partial charge in [-0.1, -0.05) is 29.8 Å². The van der Waals surface area contributed by atoms with Crippen LogP contribution in [0.5, 0.6) is 11.5 Å². The maximum Gasteiger partial charge on any atom is 0.161 e. The van der Waals surface area contributed by atoms with Gasteiger partial charge in [-0.25, -0.2) is 4.98 Å². The van der Waals surface area contributed by atoms with Gasteiger partial charge in [0.25, 0.3) is 0 Å². The highest BCUT2D eigenvalue weighted by Crippen LogP contribution is 2.29. The molecule has 0 saturated heterocycles. The maximum absolute atomic E-state index is 5.98. The average molecular weight is 329 g/mol. The first-order valence-corrected chi connectivity index (χ1v) is 7.65. The van der Waals surface area contributed by atoms with Gasteiger partial charge in [-0.3, -0.25) is 0 Å². The minimum atomic E-state index is 0.325. The van der Waals surface area contributed by atoms with E-state index in [0.29, 0.717) is 23.1 Å². The second-order valence-corrected chi connectivity index (χ2v) is 5.48. The van der Waals surface area contributed by atoms with Crippen LogP contribution < -0.4 is 9.47 Å². The summed E-state index contributed by atoms with van der Waals surface area (Å²) in [6, 6.07) is 11.4. The molecule has 0 radical (unpaired) electrons. The number of rotatable bonds is 5. The second-order valence-electron chi connectivity index (χ2n) is 5.04. The van der Waals surface area contributed by atoms with E-state index in [1.54, 1.807) is 7.11 Å². The summed E-state index contributed by atoms with van der Waals surface area (Å²) in [5.41, 5.74) is 2.82. The van der Waals surface area contributed by atoms with Crippen molar-refractivity contribution in [3.8, 4) is 11.5 Å². The number of nitrogens with zero attached hydrogens (tertiary/aromatic N) is 1. The summed E-state index contributed by atoms with van der Waals surface area (Å²) in [5, 5.41) is 0.676. The second kappa shape index (κ2) is 6.75. The van der Waals surface area contributed by atoms with Crippen molar-refractivity contribution in [1.29, 1.82) is 0 Å². The monoisotopic (exact) mass is 328 g/mol. The van der Waals surface area contributed by atoms with Crippen LogP contribution in [0.3, 0.4) is 0 Å². The molecule has 1 N–H and O–H groups in total. The van der Waals surface area contributed by atoms with E-state index < -0.39 is 0 Å². The highest BCUT2D eigenvalue weighted by Gasteiger charge is 2.08. The van der Waals surface area contributed by atoms with Crippen LogP contribution in [-0.2, 0) is 6.61 Å². The lowest BCUT2D eigenvalue weighted by molar-refractivity contribution is 0.277. The van der Waals surface area contributed by atoms with Crippen molar-refractivity contribution in [2.45, 2.75) is 13.5 Å². The van der Waals surface area contributed by atoms with E-state index in [1.165, 1.54) is 0 Å². The van der Waals surface area contributed by atoms with Gasteiger partial charge in [0.05, 0.1) is 18.1 Å². The Morgan fingerprint density at radius 1 is 1.17 bits per heavy atom. The Morgan fingerprint density at radius 2 is 2.04 bits per heavy atom. The zero-order valence-electron chi connectivity index (χ0n) is 13.0. The van der Waals surface area contributed by atoms with Gasteiger partial charge < -0.3 is 14.5 Å². The number of aromatic amines is 1. The highest BCUT2D eigenvalue weighted by molar-refractivity contribution is 6.31. The predicted molar refractivity (Wildman–Crippen MR) is 93.1 cm³/mol. The molecular formula is C18H17ClN2O2. The van der Waals surface area contributed by atoms with Crippen LogP contribution in [0.2, 0.25) is 5.02 Å². The lowest BCUT2D eigenvalue weighted by atomic mass is 10.2.